The SMILES string of the molecule is CNC(C1CC1)C1CCOC1C. The van der Waals surface area contributed by atoms with E-state index < -0.39 is 0 Å². The van der Waals surface area contributed by atoms with Gasteiger partial charge in [0.15, 0.2) is 0 Å². The van der Waals surface area contributed by atoms with E-state index in [9.17, 15) is 0 Å². The Kier molecular flexibility index (Phi) is 2.37. The van der Waals surface area contributed by atoms with Crippen molar-refractivity contribution >= 4 is 0 Å². The highest BCUT2D eigenvalue weighted by atomic mass is 16.5. The maximum Gasteiger partial charge on any atom is 0.0590 e. The molecule has 0 bridgehead atoms. The largest absolute Gasteiger partial charge is 0.378 e. The highest BCUT2D eigenvalue weighted by Crippen LogP contribution is 2.39. The Bertz CT molecular complexity index is 156. The van der Waals surface area contributed by atoms with Gasteiger partial charge in [-0.15, -0.1) is 0 Å². The Labute approximate surface area is 74.7 Å². The van der Waals surface area contributed by atoms with Crippen LogP contribution in [0.4, 0.5) is 0 Å². The fourth-order valence-corrected chi connectivity index (χ4v) is 2.47. The standard InChI is InChI=1S/C10H19NO/c1-7-9(5-6-12-7)10(11-2)8-3-4-8/h7-11H,3-6H2,1-2H3. The normalized spacial score (nSPS) is 38.5. The summed E-state index contributed by atoms with van der Waals surface area (Å²) in [6, 6.07) is 0.725. The molecule has 3 atom stereocenters. The molecule has 1 aliphatic carbocycles. The Balaban J connectivity index is 1.94. The molecule has 0 aromatic carbocycles. The molecule has 0 aromatic heterocycles. The topological polar surface area (TPSA) is 21.3 Å². The minimum Gasteiger partial charge on any atom is -0.378 e. The van der Waals surface area contributed by atoms with Crippen LogP contribution in [0.5, 0.6) is 0 Å². The van der Waals surface area contributed by atoms with E-state index >= 15 is 0 Å². The lowest BCUT2D eigenvalue weighted by atomic mass is 9.90. The molecule has 1 aliphatic heterocycles. The van der Waals surface area contributed by atoms with Gasteiger partial charge >= 0.3 is 0 Å². The lowest BCUT2D eigenvalue weighted by Gasteiger charge is -2.25. The summed E-state index contributed by atoms with van der Waals surface area (Å²) in [6.45, 7) is 3.18. The Morgan fingerprint density at radius 1 is 1.33 bits per heavy atom. The van der Waals surface area contributed by atoms with E-state index in [4.69, 9.17) is 4.74 Å². The van der Waals surface area contributed by atoms with Crippen molar-refractivity contribution in [3.8, 4) is 0 Å². The summed E-state index contributed by atoms with van der Waals surface area (Å²) in [6.07, 6.45) is 4.58. The Morgan fingerprint density at radius 2 is 2.08 bits per heavy atom. The predicted molar refractivity (Wildman–Crippen MR) is 49.1 cm³/mol. The van der Waals surface area contributed by atoms with Gasteiger partial charge in [0, 0.05) is 18.6 Å². The molecule has 1 N–H and O–H groups in total. The Hall–Kier alpha value is -0.0800. The van der Waals surface area contributed by atoms with Gasteiger partial charge in [-0.2, -0.15) is 0 Å². The van der Waals surface area contributed by atoms with Crippen molar-refractivity contribution in [2.24, 2.45) is 11.8 Å². The molecule has 1 heterocycles. The van der Waals surface area contributed by atoms with Crippen LogP contribution >= 0.6 is 0 Å². The summed E-state index contributed by atoms with van der Waals surface area (Å²) in [7, 11) is 2.09. The second-order valence-corrected chi connectivity index (χ2v) is 4.18. The van der Waals surface area contributed by atoms with Crippen LogP contribution in [0.1, 0.15) is 26.2 Å². The van der Waals surface area contributed by atoms with Crippen molar-refractivity contribution in [1.82, 2.24) is 5.32 Å². The molecule has 2 aliphatic rings. The highest BCUT2D eigenvalue weighted by molar-refractivity contribution is 4.93. The third kappa shape index (κ3) is 1.50. The van der Waals surface area contributed by atoms with Crippen molar-refractivity contribution in [1.29, 1.82) is 0 Å². The molecule has 0 aromatic rings. The number of hydrogen-bond donors (Lipinski definition) is 1. The molecule has 1 saturated heterocycles. The average molecular weight is 169 g/mol. The zero-order chi connectivity index (χ0) is 8.55. The first-order valence-corrected chi connectivity index (χ1v) is 5.12. The molecular weight excluding hydrogens is 150 g/mol. The van der Waals surface area contributed by atoms with E-state index in [2.05, 4.69) is 19.3 Å². The molecule has 12 heavy (non-hydrogen) atoms. The van der Waals surface area contributed by atoms with Gasteiger partial charge in [-0.1, -0.05) is 0 Å². The van der Waals surface area contributed by atoms with Crippen LogP contribution in [0.15, 0.2) is 0 Å². The molecule has 0 radical (unpaired) electrons. The highest BCUT2D eigenvalue weighted by Gasteiger charge is 2.39. The van der Waals surface area contributed by atoms with Crippen LogP contribution in [0.3, 0.4) is 0 Å². The summed E-state index contributed by atoms with van der Waals surface area (Å²) < 4.78 is 5.59. The van der Waals surface area contributed by atoms with Gasteiger partial charge in [0.05, 0.1) is 6.10 Å². The molecule has 2 fully saturated rings. The summed E-state index contributed by atoms with van der Waals surface area (Å²) in [4.78, 5) is 0. The van der Waals surface area contributed by atoms with E-state index in [-0.39, 0.29) is 0 Å². The number of hydrogen-bond acceptors (Lipinski definition) is 2. The van der Waals surface area contributed by atoms with Gasteiger partial charge in [0.25, 0.3) is 0 Å². The first kappa shape index (κ1) is 8.52. The third-order valence-corrected chi connectivity index (χ3v) is 3.36. The monoisotopic (exact) mass is 169 g/mol. The van der Waals surface area contributed by atoms with Gasteiger partial charge in [-0.05, 0) is 39.2 Å². The van der Waals surface area contributed by atoms with Gasteiger partial charge < -0.3 is 10.1 Å². The predicted octanol–water partition coefficient (Wildman–Crippen LogP) is 1.41. The third-order valence-electron chi connectivity index (χ3n) is 3.36. The molecular formula is C10H19NO. The lowest BCUT2D eigenvalue weighted by Crippen LogP contribution is -2.38. The molecule has 0 amide bonds. The lowest BCUT2D eigenvalue weighted by molar-refractivity contribution is 0.0937. The van der Waals surface area contributed by atoms with Crippen molar-refractivity contribution in [3.05, 3.63) is 0 Å². The summed E-state index contributed by atoms with van der Waals surface area (Å²) in [5.41, 5.74) is 0. The zero-order valence-electron chi connectivity index (χ0n) is 8.05. The fraction of sp³-hybridized carbons (Fsp3) is 1.00. The average Bonchev–Trinajstić information content (AvgIpc) is 2.80. The molecule has 3 unspecified atom stereocenters. The number of nitrogens with one attached hydrogen (secondary N) is 1. The van der Waals surface area contributed by atoms with Crippen molar-refractivity contribution in [2.75, 3.05) is 13.7 Å². The number of rotatable bonds is 3. The minimum atomic E-state index is 0.475. The second kappa shape index (κ2) is 3.35. The van der Waals surface area contributed by atoms with Crippen molar-refractivity contribution < 1.29 is 4.74 Å². The van der Waals surface area contributed by atoms with Crippen molar-refractivity contribution in [3.63, 3.8) is 0 Å². The maximum absolute atomic E-state index is 5.59. The molecule has 2 nitrogen and oxygen atoms in total. The molecule has 1 saturated carbocycles. The van der Waals surface area contributed by atoms with Gasteiger partial charge in [-0.25, -0.2) is 0 Å². The van der Waals surface area contributed by atoms with Gasteiger partial charge in [0.2, 0.25) is 0 Å². The van der Waals surface area contributed by atoms with Crippen molar-refractivity contribution in [2.45, 2.75) is 38.3 Å². The van der Waals surface area contributed by atoms with E-state index in [0.29, 0.717) is 6.10 Å². The molecule has 70 valence electrons. The van der Waals surface area contributed by atoms with Gasteiger partial charge in [-0.3, -0.25) is 0 Å². The fourth-order valence-electron chi connectivity index (χ4n) is 2.47. The van der Waals surface area contributed by atoms with Crippen LogP contribution in [0, 0.1) is 11.8 Å². The smallest absolute Gasteiger partial charge is 0.0590 e. The quantitative estimate of drug-likeness (QED) is 0.689. The van der Waals surface area contributed by atoms with E-state index in [0.717, 1.165) is 24.5 Å². The van der Waals surface area contributed by atoms with Crippen LogP contribution < -0.4 is 5.32 Å². The molecule has 2 rings (SSSR count). The van der Waals surface area contributed by atoms with Crippen LogP contribution in [0.2, 0.25) is 0 Å². The minimum absolute atomic E-state index is 0.475. The van der Waals surface area contributed by atoms with E-state index in [1.807, 2.05) is 0 Å². The maximum atomic E-state index is 5.59. The molecule has 0 spiro atoms. The van der Waals surface area contributed by atoms with Gasteiger partial charge in [0.1, 0.15) is 0 Å². The van der Waals surface area contributed by atoms with E-state index in [1.54, 1.807) is 0 Å². The van der Waals surface area contributed by atoms with E-state index in [1.165, 1.54) is 19.3 Å². The summed E-state index contributed by atoms with van der Waals surface area (Å²) in [5, 5.41) is 3.46. The van der Waals surface area contributed by atoms with Crippen LogP contribution in [0.25, 0.3) is 0 Å². The Morgan fingerprint density at radius 3 is 2.50 bits per heavy atom. The van der Waals surface area contributed by atoms with Crippen LogP contribution in [-0.2, 0) is 4.74 Å². The first-order valence-electron chi connectivity index (χ1n) is 5.12. The zero-order valence-corrected chi connectivity index (χ0v) is 8.05. The second-order valence-electron chi connectivity index (χ2n) is 4.18. The number of ether oxygens (including phenoxy) is 1. The molecule has 2 heteroatoms. The summed E-state index contributed by atoms with van der Waals surface area (Å²) in [5.74, 6) is 1.71. The first-order chi connectivity index (χ1) is 5.83. The summed E-state index contributed by atoms with van der Waals surface area (Å²) >= 11 is 0. The van der Waals surface area contributed by atoms with Crippen LogP contribution in [-0.4, -0.2) is 25.8 Å².